The molecular weight excluding hydrogens is 466 g/mol. The van der Waals surface area contributed by atoms with Crippen molar-refractivity contribution in [3.8, 4) is 17.2 Å². The molecule has 2 aromatic rings. The van der Waals surface area contributed by atoms with Gasteiger partial charge in [-0.15, -0.1) is 11.3 Å². The van der Waals surface area contributed by atoms with Crippen molar-refractivity contribution in [1.82, 2.24) is 14.5 Å². The van der Waals surface area contributed by atoms with Crippen molar-refractivity contribution in [3.05, 3.63) is 39.6 Å². The minimum atomic E-state index is -3.21. The normalized spacial score (nSPS) is 14.8. The summed E-state index contributed by atoms with van der Waals surface area (Å²) >= 11 is 1.42. The Bertz CT molecular complexity index is 1060. The van der Waals surface area contributed by atoms with E-state index < -0.39 is 10.0 Å². The number of piperazine rings is 1. The number of carbonyl (C=O) groups is 1. The Morgan fingerprint density at radius 2 is 1.70 bits per heavy atom. The van der Waals surface area contributed by atoms with Crippen molar-refractivity contribution < 1.29 is 27.4 Å². The van der Waals surface area contributed by atoms with Crippen molar-refractivity contribution in [2.75, 3.05) is 60.3 Å². The number of amides is 1. The number of benzene rings is 1. The summed E-state index contributed by atoms with van der Waals surface area (Å²) in [6, 6.07) is 7.56. The predicted octanol–water partition coefficient (Wildman–Crippen LogP) is 1.82. The average Bonchev–Trinajstić information content (AvgIpc) is 3.26. The molecule has 1 aromatic carbocycles. The Hall–Kier alpha value is -2.34. The third kappa shape index (κ3) is 6.59. The molecule has 33 heavy (non-hydrogen) atoms. The molecule has 1 aromatic heterocycles. The van der Waals surface area contributed by atoms with E-state index in [1.165, 1.54) is 11.3 Å². The third-order valence-corrected chi connectivity index (χ3v) is 7.31. The summed E-state index contributed by atoms with van der Waals surface area (Å²) in [6.07, 6.45) is 1.70. The zero-order chi connectivity index (χ0) is 24.0. The van der Waals surface area contributed by atoms with E-state index in [0.29, 0.717) is 54.7 Å². The van der Waals surface area contributed by atoms with Gasteiger partial charge in [0.2, 0.25) is 15.8 Å². The van der Waals surface area contributed by atoms with Crippen LogP contribution in [0.1, 0.15) is 20.1 Å². The highest BCUT2D eigenvalue weighted by molar-refractivity contribution is 7.88. The zero-order valence-corrected chi connectivity index (χ0v) is 21.1. The summed E-state index contributed by atoms with van der Waals surface area (Å²) < 4.78 is 41.3. The SMILES string of the molecule is COc1ccc(CN2CCN(C(=O)c3ccc(CCNS(C)(=O)=O)s3)CC2)c(OC)c1OC. The molecule has 3 rings (SSSR count). The van der Waals surface area contributed by atoms with E-state index in [2.05, 4.69) is 9.62 Å². The maximum atomic E-state index is 12.9. The summed E-state index contributed by atoms with van der Waals surface area (Å²) in [7, 11) is 1.59. The van der Waals surface area contributed by atoms with E-state index in [9.17, 15) is 13.2 Å². The number of thiophene rings is 1. The number of carbonyl (C=O) groups excluding carboxylic acids is 1. The minimum Gasteiger partial charge on any atom is -0.493 e. The van der Waals surface area contributed by atoms with Crippen LogP contribution < -0.4 is 18.9 Å². The van der Waals surface area contributed by atoms with Crippen LogP contribution in [0.15, 0.2) is 24.3 Å². The van der Waals surface area contributed by atoms with Crippen LogP contribution in [0.3, 0.4) is 0 Å². The topological polar surface area (TPSA) is 97.4 Å². The lowest BCUT2D eigenvalue weighted by Crippen LogP contribution is -2.48. The van der Waals surface area contributed by atoms with E-state index in [1.807, 2.05) is 29.2 Å². The first-order chi connectivity index (χ1) is 15.8. The van der Waals surface area contributed by atoms with Gasteiger partial charge in [0.05, 0.1) is 32.5 Å². The number of ether oxygens (including phenoxy) is 3. The molecule has 0 atom stereocenters. The first-order valence-electron chi connectivity index (χ1n) is 10.6. The number of sulfonamides is 1. The summed E-state index contributed by atoms with van der Waals surface area (Å²) in [4.78, 5) is 18.7. The molecule has 11 heteroatoms. The zero-order valence-electron chi connectivity index (χ0n) is 19.4. The van der Waals surface area contributed by atoms with Crippen molar-refractivity contribution >= 4 is 27.3 Å². The largest absolute Gasteiger partial charge is 0.493 e. The molecule has 2 heterocycles. The molecule has 0 radical (unpaired) electrons. The van der Waals surface area contributed by atoms with Crippen molar-refractivity contribution in [3.63, 3.8) is 0 Å². The van der Waals surface area contributed by atoms with E-state index in [0.717, 1.165) is 29.8 Å². The lowest BCUT2D eigenvalue weighted by atomic mass is 10.1. The van der Waals surface area contributed by atoms with Gasteiger partial charge in [0.25, 0.3) is 5.91 Å². The van der Waals surface area contributed by atoms with Gasteiger partial charge in [-0.25, -0.2) is 13.1 Å². The molecule has 182 valence electrons. The molecule has 1 aliphatic heterocycles. The highest BCUT2D eigenvalue weighted by Crippen LogP contribution is 2.40. The maximum Gasteiger partial charge on any atom is 0.264 e. The van der Waals surface area contributed by atoms with Crippen LogP contribution in [0.25, 0.3) is 0 Å². The second-order valence-electron chi connectivity index (χ2n) is 7.74. The molecule has 9 nitrogen and oxygen atoms in total. The van der Waals surface area contributed by atoms with Gasteiger partial charge in [0.1, 0.15) is 0 Å². The first-order valence-corrected chi connectivity index (χ1v) is 13.3. The number of rotatable bonds is 10. The smallest absolute Gasteiger partial charge is 0.264 e. The monoisotopic (exact) mass is 497 g/mol. The number of methoxy groups -OCH3 is 3. The van der Waals surface area contributed by atoms with Gasteiger partial charge in [0, 0.05) is 49.7 Å². The summed E-state index contributed by atoms with van der Waals surface area (Å²) in [6.45, 7) is 3.78. The Balaban J connectivity index is 1.56. The van der Waals surface area contributed by atoms with Gasteiger partial charge in [-0.05, 0) is 24.6 Å². The van der Waals surface area contributed by atoms with Crippen molar-refractivity contribution in [2.24, 2.45) is 0 Å². The van der Waals surface area contributed by atoms with Gasteiger partial charge < -0.3 is 19.1 Å². The van der Waals surface area contributed by atoms with Crippen molar-refractivity contribution in [2.45, 2.75) is 13.0 Å². The fourth-order valence-electron chi connectivity index (χ4n) is 3.78. The van der Waals surface area contributed by atoms with Crippen LogP contribution in [0.2, 0.25) is 0 Å². The predicted molar refractivity (Wildman–Crippen MR) is 128 cm³/mol. The molecule has 1 aliphatic rings. The third-order valence-electron chi connectivity index (χ3n) is 5.45. The average molecular weight is 498 g/mol. The van der Waals surface area contributed by atoms with E-state index in [-0.39, 0.29) is 5.91 Å². The number of nitrogens with one attached hydrogen (secondary N) is 1. The number of hydrogen-bond donors (Lipinski definition) is 1. The Morgan fingerprint density at radius 3 is 2.30 bits per heavy atom. The van der Waals surface area contributed by atoms with Crippen LogP contribution in [-0.2, 0) is 23.0 Å². The number of nitrogens with zero attached hydrogens (tertiary/aromatic N) is 2. The van der Waals surface area contributed by atoms with Crippen LogP contribution >= 0.6 is 11.3 Å². The van der Waals surface area contributed by atoms with Crippen molar-refractivity contribution in [1.29, 1.82) is 0 Å². The molecule has 0 saturated carbocycles. The Kier molecular flexibility index (Phi) is 8.57. The molecule has 0 bridgehead atoms. The molecule has 0 unspecified atom stereocenters. The highest BCUT2D eigenvalue weighted by Gasteiger charge is 2.25. The van der Waals surface area contributed by atoms with Gasteiger partial charge in [0.15, 0.2) is 11.5 Å². The maximum absolute atomic E-state index is 12.9. The number of hydrogen-bond acceptors (Lipinski definition) is 8. The Labute approximate surface area is 199 Å². The molecule has 1 fully saturated rings. The first kappa shape index (κ1) is 25.3. The summed E-state index contributed by atoms with van der Waals surface area (Å²) in [5.41, 5.74) is 1.00. The highest BCUT2D eigenvalue weighted by atomic mass is 32.2. The van der Waals surface area contributed by atoms with Gasteiger partial charge >= 0.3 is 0 Å². The second kappa shape index (κ2) is 11.2. The lowest BCUT2D eigenvalue weighted by molar-refractivity contribution is 0.0632. The summed E-state index contributed by atoms with van der Waals surface area (Å²) in [5, 5.41) is 0. The standard InChI is InChI=1S/C22H31N3O6S2/c1-29-18-7-5-16(20(30-2)21(18)31-3)15-24-11-13-25(14-12-24)22(26)19-8-6-17(32-19)9-10-23-33(4,27)28/h5-8,23H,9-15H2,1-4H3. The fourth-order valence-corrected chi connectivity index (χ4v) is 5.23. The molecule has 1 amide bonds. The molecule has 0 aliphatic carbocycles. The summed E-state index contributed by atoms with van der Waals surface area (Å²) in [5.74, 6) is 1.87. The molecule has 1 saturated heterocycles. The van der Waals surface area contributed by atoms with Crippen LogP contribution in [0.4, 0.5) is 0 Å². The van der Waals surface area contributed by atoms with Crippen LogP contribution in [0, 0.1) is 0 Å². The van der Waals surface area contributed by atoms with E-state index in [1.54, 1.807) is 21.3 Å². The van der Waals surface area contributed by atoms with Crippen LogP contribution in [0.5, 0.6) is 17.2 Å². The fraction of sp³-hybridized carbons (Fsp3) is 0.500. The quantitative estimate of drug-likeness (QED) is 0.535. The van der Waals surface area contributed by atoms with Gasteiger partial charge in [-0.2, -0.15) is 0 Å². The molecule has 0 spiro atoms. The molecular formula is C22H31N3O6S2. The van der Waals surface area contributed by atoms with Gasteiger partial charge in [-0.3, -0.25) is 9.69 Å². The van der Waals surface area contributed by atoms with Gasteiger partial charge in [-0.1, -0.05) is 6.07 Å². The second-order valence-corrected chi connectivity index (χ2v) is 10.7. The van der Waals surface area contributed by atoms with E-state index in [4.69, 9.17) is 14.2 Å². The minimum absolute atomic E-state index is 0.0191. The van der Waals surface area contributed by atoms with Crippen LogP contribution in [-0.4, -0.2) is 84.4 Å². The van der Waals surface area contributed by atoms with E-state index >= 15 is 0 Å². The Morgan fingerprint density at radius 1 is 1.00 bits per heavy atom. The molecule has 1 N–H and O–H groups in total. The lowest BCUT2D eigenvalue weighted by Gasteiger charge is -2.34.